The molecule has 0 fully saturated rings. The number of terminal acetylenes is 1. The lowest BCUT2D eigenvalue weighted by molar-refractivity contribution is 0.127. The molecule has 3 heteroatoms. The number of ether oxygens (including phenoxy) is 1. The molecule has 86 valence electrons. The Morgan fingerprint density at radius 3 is 2.67 bits per heavy atom. The molecule has 0 aliphatic rings. The summed E-state index contributed by atoms with van der Waals surface area (Å²) in [5, 5.41) is 2.75. The summed E-state index contributed by atoms with van der Waals surface area (Å²) in [7, 11) is 0. The summed E-state index contributed by atoms with van der Waals surface area (Å²) in [4.78, 5) is 11.2. The molecule has 0 heterocycles. The maximum atomic E-state index is 11.2. The summed E-state index contributed by atoms with van der Waals surface area (Å²) in [5.41, 5.74) is 0. The first-order chi connectivity index (χ1) is 7.10. The number of hydrogen-bond acceptors (Lipinski definition) is 2. The van der Waals surface area contributed by atoms with Gasteiger partial charge in [-0.3, -0.25) is 0 Å². The van der Waals surface area contributed by atoms with Crippen LogP contribution in [-0.4, -0.2) is 18.2 Å². The van der Waals surface area contributed by atoms with Gasteiger partial charge in [0.2, 0.25) is 0 Å². The molecule has 0 saturated heterocycles. The summed E-state index contributed by atoms with van der Waals surface area (Å²) < 4.78 is 4.89. The highest BCUT2D eigenvalue weighted by molar-refractivity contribution is 5.67. The number of rotatable bonds is 6. The second-order valence-corrected chi connectivity index (χ2v) is 3.76. The molecule has 0 rings (SSSR count). The second kappa shape index (κ2) is 8.16. The molecule has 0 spiro atoms. The Labute approximate surface area is 92.6 Å². The lowest BCUT2D eigenvalue weighted by Gasteiger charge is -2.14. The standard InChI is InChI=1S/C12H21NO2/c1-5-7-8-9-10(3)13-12(14)15-11(4)6-2/h2,10-11H,5,7-9H2,1,3-4H3,(H,13,14)/t10-,11+/m1/s1. The minimum atomic E-state index is -0.465. The van der Waals surface area contributed by atoms with Gasteiger partial charge in [0.25, 0.3) is 0 Å². The molecule has 0 radical (unpaired) electrons. The summed E-state index contributed by atoms with van der Waals surface area (Å²) in [6.45, 7) is 5.79. The SMILES string of the molecule is C#C[C@H](C)OC(=O)N[C@H](C)CCCCC. The lowest BCUT2D eigenvalue weighted by atomic mass is 10.1. The van der Waals surface area contributed by atoms with Gasteiger partial charge in [0.15, 0.2) is 6.10 Å². The minimum Gasteiger partial charge on any atom is -0.433 e. The Morgan fingerprint density at radius 2 is 2.13 bits per heavy atom. The Kier molecular flexibility index (Phi) is 7.53. The Morgan fingerprint density at radius 1 is 1.47 bits per heavy atom. The molecule has 0 bridgehead atoms. The van der Waals surface area contributed by atoms with E-state index < -0.39 is 12.2 Å². The predicted molar refractivity (Wildman–Crippen MR) is 61.5 cm³/mol. The van der Waals surface area contributed by atoms with E-state index in [0.29, 0.717) is 0 Å². The van der Waals surface area contributed by atoms with Crippen molar-refractivity contribution in [2.45, 2.75) is 58.6 Å². The van der Waals surface area contributed by atoms with Gasteiger partial charge in [-0.05, 0) is 20.3 Å². The first kappa shape index (κ1) is 13.8. The molecule has 3 nitrogen and oxygen atoms in total. The molecular formula is C12H21NO2. The largest absolute Gasteiger partial charge is 0.433 e. The Hall–Kier alpha value is -1.17. The molecule has 0 aliphatic heterocycles. The zero-order valence-electron chi connectivity index (χ0n) is 9.88. The molecule has 0 aromatic rings. The zero-order chi connectivity index (χ0) is 11.7. The van der Waals surface area contributed by atoms with Crippen molar-refractivity contribution in [1.29, 1.82) is 0 Å². The maximum absolute atomic E-state index is 11.2. The smallest absolute Gasteiger partial charge is 0.408 e. The fraction of sp³-hybridized carbons (Fsp3) is 0.750. The van der Waals surface area contributed by atoms with E-state index in [2.05, 4.69) is 18.2 Å². The third-order valence-electron chi connectivity index (χ3n) is 2.12. The predicted octanol–water partition coefficient (Wildman–Crippen LogP) is 2.70. The van der Waals surface area contributed by atoms with Crippen LogP contribution in [0.25, 0.3) is 0 Å². The first-order valence-corrected chi connectivity index (χ1v) is 5.53. The van der Waals surface area contributed by atoms with E-state index in [1.165, 1.54) is 12.8 Å². The molecule has 15 heavy (non-hydrogen) atoms. The van der Waals surface area contributed by atoms with Crippen molar-refractivity contribution in [2.24, 2.45) is 0 Å². The van der Waals surface area contributed by atoms with Crippen LogP contribution in [0, 0.1) is 12.3 Å². The Balaban J connectivity index is 3.63. The maximum Gasteiger partial charge on any atom is 0.408 e. The number of carbonyl (C=O) groups excluding carboxylic acids is 1. The normalized spacial score (nSPS) is 13.7. The number of nitrogens with one attached hydrogen (secondary N) is 1. The molecule has 0 aliphatic carbocycles. The van der Waals surface area contributed by atoms with E-state index in [1.807, 2.05) is 6.92 Å². The van der Waals surface area contributed by atoms with Crippen molar-refractivity contribution in [2.75, 3.05) is 0 Å². The van der Waals surface area contributed by atoms with Crippen molar-refractivity contribution in [3.63, 3.8) is 0 Å². The topological polar surface area (TPSA) is 38.3 Å². The summed E-state index contributed by atoms with van der Waals surface area (Å²) in [5.74, 6) is 2.34. The van der Waals surface area contributed by atoms with Gasteiger partial charge in [-0.1, -0.05) is 32.1 Å². The van der Waals surface area contributed by atoms with Crippen molar-refractivity contribution < 1.29 is 9.53 Å². The van der Waals surface area contributed by atoms with Crippen molar-refractivity contribution >= 4 is 6.09 Å². The van der Waals surface area contributed by atoms with Gasteiger partial charge in [0, 0.05) is 6.04 Å². The van der Waals surface area contributed by atoms with E-state index in [0.717, 1.165) is 12.8 Å². The van der Waals surface area contributed by atoms with Gasteiger partial charge in [-0.2, -0.15) is 0 Å². The van der Waals surface area contributed by atoms with E-state index in [9.17, 15) is 4.79 Å². The second-order valence-electron chi connectivity index (χ2n) is 3.76. The van der Waals surface area contributed by atoms with Gasteiger partial charge >= 0.3 is 6.09 Å². The number of amides is 1. The van der Waals surface area contributed by atoms with Gasteiger partial charge in [-0.25, -0.2) is 4.79 Å². The highest BCUT2D eigenvalue weighted by atomic mass is 16.6. The van der Waals surface area contributed by atoms with Crippen LogP contribution in [-0.2, 0) is 4.74 Å². The van der Waals surface area contributed by atoms with E-state index in [-0.39, 0.29) is 6.04 Å². The van der Waals surface area contributed by atoms with Crippen molar-refractivity contribution in [1.82, 2.24) is 5.32 Å². The fourth-order valence-corrected chi connectivity index (χ4v) is 1.20. The van der Waals surface area contributed by atoms with E-state index in [4.69, 9.17) is 11.2 Å². The molecular weight excluding hydrogens is 190 g/mol. The monoisotopic (exact) mass is 211 g/mol. The van der Waals surface area contributed by atoms with Crippen LogP contribution < -0.4 is 5.32 Å². The summed E-state index contributed by atoms with van der Waals surface area (Å²) in [6, 6.07) is 0.147. The molecule has 0 aromatic heterocycles. The number of unbranched alkanes of at least 4 members (excludes halogenated alkanes) is 2. The minimum absolute atomic E-state index is 0.147. The van der Waals surface area contributed by atoms with Crippen LogP contribution in [0.15, 0.2) is 0 Å². The third kappa shape index (κ3) is 7.87. The highest BCUT2D eigenvalue weighted by Gasteiger charge is 2.09. The third-order valence-corrected chi connectivity index (χ3v) is 2.12. The molecule has 0 unspecified atom stereocenters. The molecule has 1 N–H and O–H groups in total. The molecule has 0 saturated carbocycles. The highest BCUT2D eigenvalue weighted by Crippen LogP contribution is 2.03. The zero-order valence-corrected chi connectivity index (χ0v) is 9.88. The van der Waals surface area contributed by atoms with Gasteiger partial charge in [0.05, 0.1) is 0 Å². The lowest BCUT2D eigenvalue weighted by Crippen LogP contribution is -2.34. The van der Waals surface area contributed by atoms with E-state index in [1.54, 1.807) is 6.92 Å². The average molecular weight is 211 g/mol. The first-order valence-electron chi connectivity index (χ1n) is 5.53. The van der Waals surface area contributed by atoms with Gasteiger partial charge < -0.3 is 10.1 Å². The number of carbonyl (C=O) groups is 1. The van der Waals surface area contributed by atoms with Crippen LogP contribution in [0.4, 0.5) is 4.79 Å². The van der Waals surface area contributed by atoms with Crippen LogP contribution in [0.2, 0.25) is 0 Å². The Bertz CT molecular complexity index is 220. The molecule has 0 aromatic carbocycles. The average Bonchev–Trinajstić information content (AvgIpc) is 2.17. The van der Waals surface area contributed by atoms with Crippen molar-refractivity contribution in [3.8, 4) is 12.3 Å². The van der Waals surface area contributed by atoms with E-state index >= 15 is 0 Å². The van der Waals surface area contributed by atoms with Crippen molar-refractivity contribution in [3.05, 3.63) is 0 Å². The summed E-state index contributed by atoms with van der Waals surface area (Å²) in [6.07, 6.45) is 8.69. The van der Waals surface area contributed by atoms with Crippen LogP contribution in [0.5, 0.6) is 0 Å². The van der Waals surface area contributed by atoms with Gasteiger partial charge in [-0.15, -0.1) is 6.42 Å². The summed E-state index contributed by atoms with van der Waals surface area (Å²) >= 11 is 0. The quantitative estimate of drug-likeness (QED) is 0.542. The number of alkyl carbamates (subject to hydrolysis) is 1. The van der Waals surface area contributed by atoms with Gasteiger partial charge in [0.1, 0.15) is 0 Å². The van der Waals surface area contributed by atoms with Crippen LogP contribution in [0.3, 0.4) is 0 Å². The van der Waals surface area contributed by atoms with Crippen LogP contribution >= 0.6 is 0 Å². The molecule has 2 atom stereocenters. The molecule has 1 amide bonds. The fourth-order valence-electron chi connectivity index (χ4n) is 1.20. The van der Waals surface area contributed by atoms with Crippen LogP contribution in [0.1, 0.15) is 46.5 Å². The number of hydrogen-bond donors (Lipinski definition) is 1.